The standard InChI is InChI=1S/C14H14BrClN2O2S/c1-8-5-12(17)14(6-9(8)2)21(19,20)18-13-7-10(16)3-4-11(13)15/h3-7,18H,17H2,1-2H3. The van der Waals surface area contributed by atoms with Gasteiger partial charge >= 0.3 is 0 Å². The molecule has 4 nitrogen and oxygen atoms in total. The van der Waals surface area contributed by atoms with Gasteiger partial charge in [0.25, 0.3) is 10.0 Å². The van der Waals surface area contributed by atoms with Crippen LogP contribution in [0.5, 0.6) is 0 Å². The Balaban J connectivity index is 2.48. The Morgan fingerprint density at radius 1 is 1.14 bits per heavy atom. The van der Waals surface area contributed by atoms with Crippen LogP contribution in [0.4, 0.5) is 11.4 Å². The maximum absolute atomic E-state index is 12.5. The van der Waals surface area contributed by atoms with Crippen LogP contribution in [0.1, 0.15) is 11.1 Å². The summed E-state index contributed by atoms with van der Waals surface area (Å²) in [5.74, 6) is 0. The number of nitrogen functional groups attached to an aromatic ring is 1. The molecule has 112 valence electrons. The number of nitrogens with one attached hydrogen (secondary N) is 1. The molecular weight excluding hydrogens is 376 g/mol. The molecule has 0 radical (unpaired) electrons. The van der Waals surface area contributed by atoms with Crippen molar-refractivity contribution in [2.75, 3.05) is 10.5 Å². The van der Waals surface area contributed by atoms with E-state index in [0.717, 1.165) is 11.1 Å². The Bertz CT molecular complexity index is 807. The molecule has 0 unspecified atom stereocenters. The lowest BCUT2D eigenvalue weighted by molar-refractivity contribution is 0.601. The number of sulfonamides is 1. The monoisotopic (exact) mass is 388 g/mol. The third-order valence-corrected chi connectivity index (χ3v) is 5.44. The van der Waals surface area contributed by atoms with Crippen molar-refractivity contribution in [3.63, 3.8) is 0 Å². The third-order valence-electron chi connectivity index (χ3n) is 3.09. The first-order valence-electron chi connectivity index (χ1n) is 6.05. The largest absolute Gasteiger partial charge is 0.398 e. The van der Waals surface area contributed by atoms with Crippen LogP contribution in [-0.2, 0) is 10.0 Å². The SMILES string of the molecule is Cc1cc(N)c(S(=O)(=O)Nc2cc(Cl)ccc2Br)cc1C. The fourth-order valence-corrected chi connectivity index (χ4v) is 3.74. The number of benzene rings is 2. The average Bonchev–Trinajstić information content (AvgIpc) is 2.37. The second-order valence-corrected chi connectivity index (χ2v) is 7.65. The normalized spacial score (nSPS) is 11.4. The molecule has 21 heavy (non-hydrogen) atoms. The molecule has 0 aliphatic rings. The van der Waals surface area contributed by atoms with E-state index in [1.807, 2.05) is 13.8 Å². The Labute approximate surface area is 137 Å². The highest BCUT2D eigenvalue weighted by molar-refractivity contribution is 9.10. The highest BCUT2D eigenvalue weighted by Crippen LogP contribution is 2.30. The molecule has 0 fully saturated rings. The highest BCUT2D eigenvalue weighted by Gasteiger charge is 2.19. The molecule has 7 heteroatoms. The summed E-state index contributed by atoms with van der Waals surface area (Å²) in [5, 5.41) is 0.434. The van der Waals surface area contributed by atoms with Crippen LogP contribution in [0, 0.1) is 13.8 Å². The van der Waals surface area contributed by atoms with Gasteiger partial charge in [0.15, 0.2) is 0 Å². The second kappa shape index (κ2) is 5.87. The summed E-state index contributed by atoms with van der Waals surface area (Å²) in [4.78, 5) is 0.0532. The number of anilines is 2. The molecule has 3 N–H and O–H groups in total. The van der Waals surface area contributed by atoms with Crippen LogP contribution in [0.15, 0.2) is 39.7 Å². The van der Waals surface area contributed by atoms with E-state index in [9.17, 15) is 8.42 Å². The Morgan fingerprint density at radius 3 is 2.43 bits per heavy atom. The van der Waals surface area contributed by atoms with E-state index in [4.69, 9.17) is 17.3 Å². The van der Waals surface area contributed by atoms with Crippen LogP contribution >= 0.6 is 27.5 Å². The summed E-state index contributed by atoms with van der Waals surface area (Å²) >= 11 is 9.17. The van der Waals surface area contributed by atoms with Crippen molar-refractivity contribution in [2.45, 2.75) is 18.7 Å². The summed E-state index contributed by atoms with van der Waals surface area (Å²) < 4.78 is 28.1. The number of rotatable bonds is 3. The van der Waals surface area contributed by atoms with Crippen LogP contribution in [0.3, 0.4) is 0 Å². The van der Waals surface area contributed by atoms with Gasteiger partial charge in [0.1, 0.15) is 4.90 Å². The summed E-state index contributed by atoms with van der Waals surface area (Å²) in [5.41, 5.74) is 8.21. The topological polar surface area (TPSA) is 72.2 Å². The fraction of sp³-hybridized carbons (Fsp3) is 0.143. The van der Waals surface area contributed by atoms with Crippen LogP contribution in [-0.4, -0.2) is 8.42 Å². The third kappa shape index (κ3) is 3.51. The Morgan fingerprint density at radius 2 is 1.76 bits per heavy atom. The zero-order valence-corrected chi connectivity index (χ0v) is 14.6. The summed E-state index contributed by atoms with van der Waals surface area (Å²) in [6, 6.07) is 8.07. The smallest absolute Gasteiger partial charge is 0.263 e. The number of aryl methyl sites for hydroxylation is 2. The quantitative estimate of drug-likeness (QED) is 0.776. The lowest BCUT2D eigenvalue weighted by atomic mass is 10.1. The second-order valence-electron chi connectivity index (χ2n) is 4.70. The van der Waals surface area contributed by atoms with E-state index in [0.29, 0.717) is 15.2 Å². The molecule has 0 heterocycles. The first kappa shape index (κ1) is 16.1. The van der Waals surface area contributed by atoms with Gasteiger partial charge in [0.2, 0.25) is 0 Å². The zero-order valence-electron chi connectivity index (χ0n) is 11.4. The van der Waals surface area contributed by atoms with E-state index < -0.39 is 10.0 Å². The molecule has 2 rings (SSSR count). The zero-order chi connectivity index (χ0) is 15.8. The lowest BCUT2D eigenvalue weighted by Gasteiger charge is -2.13. The molecule has 2 aromatic rings. The molecule has 0 bridgehead atoms. The molecule has 0 saturated heterocycles. The Hall–Kier alpha value is -1.24. The minimum atomic E-state index is -3.79. The van der Waals surface area contributed by atoms with Gasteiger partial charge in [-0.1, -0.05) is 11.6 Å². The first-order valence-corrected chi connectivity index (χ1v) is 8.71. The number of hydrogen-bond acceptors (Lipinski definition) is 3. The van der Waals surface area contributed by atoms with E-state index in [-0.39, 0.29) is 10.6 Å². The van der Waals surface area contributed by atoms with Gasteiger partial charge in [-0.15, -0.1) is 0 Å². The summed E-state index contributed by atoms with van der Waals surface area (Å²) in [6.45, 7) is 3.71. The van der Waals surface area contributed by atoms with Crippen molar-refractivity contribution in [3.05, 3.63) is 51.0 Å². The number of halogens is 2. The van der Waals surface area contributed by atoms with E-state index >= 15 is 0 Å². The molecule has 0 aromatic heterocycles. The van der Waals surface area contributed by atoms with Crippen LogP contribution in [0.2, 0.25) is 5.02 Å². The van der Waals surface area contributed by atoms with Crippen molar-refractivity contribution >= 4 is 48.9 Å². The maximum atomic E-state index is 12.5. The number of nitrogens with two attached hydrogens (primary N) is 1. The van der Waals surface area contributed by atoms with Crippen molar-refractivity contribution in [1.82, 2.24) is 0 Å². The van der Waals surface area contributed by atoms with Gasteiger partial charge in [-0.3, -0.25) is 4.72 Å². The molecular formula is C14H14BrClN2O2S. The minimum Gasteiger partial charge on any atom is -0.398 e. The Kier molecular flexibility index (Phi) is 4.51. The summed E-state index contributed by atoms with van der Waals surface area (Å²) in [6.07, 6.45) is 0. The lowest BCUT2D eigenvalue weighted by Crippen LogP contribution is -2.15. The van der Waals surface area contributed by atoms with Crippen molar-refractivity contribution in [3.8, 4) is 0 Å². The molecule has 0 saturated carbocycles. The van der Waals surface area contributed by atoms with Gasteiger partial charge in [0.05, 0.1) is 11.4 Å². The van der Waals surface area contributed by atoms with Crippen molar-refractivity contribution < 1.29 is 8.42 Å². The molecule has 2 aromatic carbocycles. The molecule has 0 aliphatic heterocycles. The van der Waals surface area contributed by atoms with E-state index in [1.165, 1.54) is 6.07 Å². The molecule has 0 atom stereocenters. The van der Waals surface area contributed by atoms with Gasteiger partial charge < -0.3 is 5.73 Å². The van der Waals surface area contributed by atoms with Crippen LogP contribution < -0.4 is 10.5 Å². The highest BCUT2D eigenvalue weighted by atomic mass is 79.9. The minimum absolute atomic E-state index is 0.0532. The van der Waals surface area contributed by atoms with Gasteiger partial charge in [-0.05, 0) is 71.2 Å². The number of hydrogen-bond donors (Lipinski definition) is 2. The van der Waals surface area contributed by atoms with Crippen molar-refractivity contribution in [1.29, 1.82) is 0 Å². The summed E-state index contributed by atoms with van der Waals surface area (Å²) in [7, 11) is -3.79. The van der Waals surface area contributed by atoms with Gasteiger partial charge in [0, 0.05) is 9.50 Å². The predicted molar refractivity (Wildman–Crippen MR) is 90.3 cm³/mol. The molecule has 0 spiro atoms. The van der Waals surface area contributed by atoms with E-state index in [2.05, 4.69) is 20.7 Å². The molecule has 0 amide bonds. The molecule has 0 aliphatic carbocycles. The maximum Gasteiger partial charge on any atom is 0.263 e. The van der Waals surface area contributed by atoms with E-state index in [1.54, 1.807) is 24.3 Å². The van der Waals surface area contributed by atoms with Crippen molar-refractivity contribution in [2.24, 2.45) is 0 Å². The van der Waals surface area contributed by atoms with Gasteiger partial charge in [-0.25, -0.2) is 8.42 Å². The predicted octanol–water partition coefficient (Wildman–Crippen LogP) is 4.10. The van der Waals surface area contributed by atoms with Crippen LogP contribution in [0.25, 0.3) is 0 Å². The first-order chi connectivity index (χ1) is 9.70. The fourth-order valence-electron chi connectivity index (χ4n) is 1.82. The average molecular weight is 390 g/mol. The van der Waals surface area contributed by atoms with Gasteiger partial charge in [-0.2, -0.15) is 0 Å².